The van der Waals surface area contributed by atoms with E-state index in [1.54, 1.807) is 34.1 Å². The number of likely N-dealkylation sites (tertiary alicyclic amines) is 1. The molecule has 2 aliphatic heterocycles. The van der Waals surface area contributed by atoms with Gasteiger partial charge in [-0.15, -0.1) is 0 Å². The standard InChI is InChI=1S/C26H33N5O4/c1-4-16(2)24(27)21-6-5-7-23(28-21)29-25(33)20-12-18-14-30(10-8-17(18)13-22(20)35-3)26(34)31-11-9-19(32)15-31/h5-7,12-13,16,19,27,32H,4,8-11,14-15H2,1-3H3,(H,28,29,33). The molecule has 0 radical (unpaired) electrons. The Balaban J connectivity index is 1.53. The van der Waals surface area contributed by atoms with E-state index in [9.17, 15) is 14.7 Å². The maximum atomic E-state index is 13.2. The predicted molar refractivity (Wildman–Crippen MR) is 133 cm³/mol. The van der Waals surface area contributed by atoms with Gasteiger partial charge in [0, 0.05) is 26.2 Å². The second-order valence-corrected chi connectivity index (χ2v) is 9.25. The number of benzene rings is 1. The molecule has 0 aliphatic carbocycles. The number of anilines is 1. The third kappa shape index (κ3) is 5.30. The highest BCUT2D eigenvalue weighted by molar-refractivity contribution is 6.06. The number of β-amino-alcohol motifs (C(OH)–C–C–N with tert-alkyl or cyclic N) is 1. The van der Waals surface area contributed by atoms with Gasteiger partial charge in [0.05, 0.1) is 30.2 Å². The van der Waals surface area contributed by atoms with Crippen LogP contribution in [0.5, 0.6) is 5.75 Å². The summed E-state index contributed by atoms with van der Waals surface area (Å²) in [5, 5.41) is 20.9. The zero-order valence-electron chi connectivity index (χ0n) is 20.5. The van der Waals surface area contributed by atoms with Crippen LogP contribution < -0.4 is 10.1 Å². The number of carbonyl (C=O) groups excluding carboxylic acids is 2. The molecule has 1 aromatic carbocycles. The van der Waals surface area contributed by atoms with Crippen LogP contribution in [0.4, 0.5) is 10.6 Å². The van der Waals surface area contributed by atoms with Crippen LogP contribution in [0.3, 0.4) is 0 Å². The number of hydrogen-bond donors (Lipinski definition) is 3. The molecule has 186 valence electrons. The SMILES string of the molecule is CCC(C)C(=N)c1cccc(NC(=O)c2cc3c(cc2OC)CCN(C(=O)N2CCC(O)C2)C3)n1. The fraction of sp³-hybridized carbons (Fsp3) is 0.462. The van der Waals surface area contributed by atoms with E-state index >= 15 is 0 Å². The van der Waals surface area contributed by atoms with E-state index in [0.717, 1.165) is 17.5 Å². The highest BCUT2D eigenvalue weighted by Crippen LogP contribution is 2.29. The van der Waals surface area contributed by atoms with Crippen LogP contribution in [0, 0.1) is 11.3 Å². The number of pyridine rings is 1. The Labute approximate surface area is 205 Å². The van der Waals surface area contributed by atoms with Crippen molar-refractivity contribution in [3.05, 3.63) is 52.7 Å². The van der Waals surface area contributed by atoms with Crippen LogP contribution in [0.15, 0.2) is 30.3 Å². The van der Waals surface area contributed by atoms with Gasteiger partial charge in [-0.25, -0.2) is 9.78 Å². The van der Waals surface area contributed by atoms with Crippen molar-refractivity contribution in [2.45, 2.75) is 45.8 Å². The number of methoxy groups -OCH3 is 1. The molecule has 4 rings (SSSR count). The summed E-state index contributed by atoms with van der Waals surface area (Å²) >= 11 is 0. The first-order valence-corrected chi connectivity index (χ1v) is 12.1. The number of hydrogen-bond acceptors (Lipinski definition) is 6. The Morgan fingerprint density at radius 3 is 2.74 bits per heavy atom. The lowest BCUT2D eigenvalue weighted by Gasteiger charge is -2.32. The van der Waals surface area contributed by atoms with E-state index in [-0.39, 0.29) is 17.9 Å². The predicted octanol–water partition coefficient (Wildman–Crippen LogP) is 3.30. The van der Waals surface area contributed by atoms with Gasteiger partial charge in [-0.3, -0.25) is 4.79 Å². The lowest BCUT2D eigenvalue weighted by Crippen LogP contribution is -2.44. The third-order valence-corrected chi connectivity index (χ3v) is 6.85. The Bertz CT molecular complexity index is 1130. The van der Waals surface area contributed by atoms with Crippen LogP contribution in [0.1, 0.15) is 53.9 Å². The second-order valence-electron chi connectivity index (χ2n) is 9.25. The van der Waals surface area contributed by atoms with Crippen LogP contribution in [0.2, 0.25) is 0 Å². The minimum atomic E-state index is -0.461. The van der Waals surface area contributed by atoms with Crippen LogP contribution in [-0.4, -0.2) is 70.4 Å². The van der Waals surface area contributed by atoms with E-state index in [0.29, 0.717) is 67.6 Å². The zero-order chi connectivity index (χ0) is 25.1. The summed E-state index contributed by atoms with van der Waals surface area (Å²) in [7, 11) is 1.53. The molecule has 9 nitrogen and oxygen atoms in total. The minimum absolute atomic E-state index is 0.0728. The molecule has 2 atom stereocenters. The van der Waals surface area contributed by atoms with Gasteiger partial charge in [-0.05, 0) is 60.6 Å². The monoisotopic (exact) mass is 479 g/mol. The number of fused-ring (bicyclic) bond motifs is 1. The number of rotatable bonds is 6. The Morgan fingerprint density at radius 1 is 1.26 bits per heavy atom. The molecule has 1 fully saturated rings. The van der Waals surface area contributed by atoms with Crippen LogP contribution in [-0.2, 0) is 13.0 Å². The molecule has 2 unspecified atom stereocenters. The molecule has 3 amide bonds. The molecule has 0 saturated carbocycles. The first-order chi connectivity index (χ1) is 16.8. The average molecular weight is 480 g/mol. The van der Waals surface area contributed by atoms with Gasteiger partial charge in [-0.2, -0.15) is 0 Å². The van der Waals surface area contributed by atoms with Crippen molar-refractivity contribution in [3.8, 4) is 5.75 Å². The first kappa shape index (κ1) is 24.7. The molecule has 0 spiro atoms. The molecular formula is C26H33N5O4. The number of nitrogens with zero attached hydrogens (tertiary/aromatic N) is 3. The van der Waals surface area contributed by atoms with E-state index in [2.05, 4.69) is 10.3 Å². The summed E-state index contributed by atoms with van der Waals surface area (Å²) in [6, 6.07) is 8.81. The van der Waals surface area contributed by atoms with E-state index in [1.165, 1.54) is 7.11 Å². The summed E-state index contributed by atoms with van der Waals surface area (Å²) in [6.07, 6.45) is 1.64. The fourth-order valence-electron chi connectivity index (χ4n) is 4.51. The van der Waals surface area contributed by atoms with Crippen molar-refractivity contribution in [2.24, 2.45) is 5.92 Å². The molecule has 35 heavy (non-hydrogen) atoms. The van der Waals surface area contributed by atoms with Crippen molar-refractivity contribution in [1.29, 1.82) is 5.41 Å². The lowest BCUT2D eigenvalue weighted by atomic mass is 9.96. The molecule has 3 N–H and O–H groups in total. The summed E-state index contributed by atoms with van der Waals surface area (Å²) in [4.78, 5) is 34.0. The average Bonchev–Trinajstić information content (AvgIpc) is 3.32. The van der Waals surface area contributed by atoms with Crippen molar-refractivity contribution >= 4 is 23.5 Å². The first-order valence-electron chi connectivity index (χ1n) is 12.1. The highest BCUT2D eigenvalue weighted by atomic mass is 16.5. The van der Waals surface area contributed by atoms with Crippen molar-refractivity contribution in [2.75, 3.05) is 32.1 Å². The number of urea groups is 1. The molecule has 1 saturated heterocycles. The molecule has 9 heteroatoms. The second kappa shape index (κ2) is 10.4. The van der Waals surface area contributed by atoms with Gasteiger partial charge in [0.15, 0.2) is 0 Å². The van der Waals surface area contributed by atoms with Gasteiger partial charge in [0.25, 0.3) is 5.91 Å². The Kier molecular flexibility index (Phi) is 7.35. The number of aliphatic hydroxyl groups is 1. The summed E-state index contributed by atoms with van der Waals surface area (Å²) < 4.78 is 5.51. The molecule has 3 heterocycles. The normalized spacial score (nSPS) is 18.1. The van der Waals surface area contributed by atoms with E-state index in [4.69, 9.17) is 10.1 Å². The van der Waals surface area contributed by atoms with E-state index < -0.39 is 6.10 Å². The number of aliphatic hydroxyl groups excluding tert-OH is 1. The molecule has 2 aliphatic rings. The molecule has 2 aromatic rings. The third-order valence-electron chi connectivity index (χ3n) is 6.85. The van der Waals surface area contributed by atoms with E-state index in [1.807, 2.05) is 19.9 Å². The summed E-state index contributed by atoms with van der Waals surface area (Å²) in [5.41, 5.74) is 3.28. The maximum Gasteiger partial charge on any atom is 0.320 e. The minimum Gasteiger partial charge on any atom is -0.496 e. The number of nitrogens with one attached hydrogen (secondary N) is 2. The van der Waals surface area contributed by atoms with Gasteiger partial charge in [0.2, 0.25) is 0 Å². The molecular weight excluding hydrogens is 446 g/mol. The zero-order valence-corrected chi connectivity index (χ0v) is 20.5. The maximum absolute atomic E-state index is 13.2. The largest absolute Gasteiger partial charge is 0.496 e. The number of carbonyl (C=O) groups is 2. The van der Waals surface area contributed by atoms with Crippen molar-refractivity contribution < 1.29 is 19.4 Å². The highest BCUT2D eigenvalue weighted by Gasteiger charge is 2.31. The number of amides is 3. The molecule has 0 bridgehead atoms. The van der Waals surface area contributed by atoms with Crippen LogP contribution >= 0.6 is 0 Å². The van der Waals surface area contributed by atoms with Gasteiger partial charge < -0.3 is 30.4 Å². The Hall–Kier alpha value is -3.46. The van der Waals surface area contributed by atoms with Crippen molar-refractivity contribution in [3.63, 3.8) is 0 Å². The fourth-order valence-corrected chi connectivity index (χ4v) is 4.51. The van der Waals surface area contributed by atoms with Gasteiger partial charge >= 0.3 is 6.03 Å². The lowest BCUT2D eigenvalue weighted by molar-refractivity contribution is 0.102. The smallest absolute Gasteiger partial charge is 0.320 e. The van der Waals surface area contributed by atoms with Crippen LogP contribution in [0.25, 0.3) is 0 Å². The van der Waals surface area contributed by atoms with Gasteiger partial charge in [0.1, 0.15) is 11.6 Å². The summed E-state index contributed by atoms with van der Waals surface area (Å²) in [6.45, 7) is 5.89. The van der Waals surface area contributed by atoms with Crippen molar-refractivity contribution in [1.82, 2.24) is 14.8 Å². The number of aromatic nitrogens is 1. The summed E-state index contributed by atoms with van der Waals surface area (Å²) in [5.74, 6) is 0.538. The number of ether oxygens (including phenoxy) is 1. The Morgan fingerprint density at radius 2 is 2.06 bits per heavy atom. The van der Waals surface area contributed by atoms with Gasteiger partial charge in [-0.1, -0.05) is 19.9 Å². The molecule has 1 aromatic heterocycles. The topological polar surface area (TPSA) is 119 Å². The quantitative estimate of drug-likeness (QED) is 0.550.